The number of aromatic amines is 1. The van der Waals surface area contributed by atoms with Crippen LogP contribution in [0.15, 0.2) is 0 Å². The van der Waals surface area contributed by atoms with E-state index in [2.05, 4.69) is 20.5 Å². The van der Waals surface area contributed by atoms with Crippen LogP contribution in [0, 0.1) is 12.8 Å². The van der Waals surface area contributed by atoms with Crippen molar-refractivity contribution in [2.24, 2.45) is 5.92 Å². The molecule has 1 saturated heterocycles. The lowest BCUT2D eigenvalue weighted by Crippen LogP contribution is -2.22. The minimum absolute atomic E-state index is 0.715. The molecular weight excluding hydrogens is 176 g/mol. The van der Waals surface area contributed by atoms with Gasteiger partial charge in [-0.25, -0.2) is 4.98 Å². The fourth-order valence-electron chi connectivity index (χ4n) is 2.00. The minimum atomic E-state index is 0.715. The number of nitrogens with zero attached hydrogens (tertiary/aromatic N) is 2. The van der Waals surface area contributed by atoms with Crippen molar-refractivity contribution in [2.45, 2.75) is 32.6 Å². The number of hydrogen-bond donors (Lipinski definition) is 2. The number of aryl methyl sites for hydroxylation is 1. The molecule has 1 unspecified atom stereocenters. The number of rotatable bonds is 2. The van der Waals surface area contributed by atoms with Crippen LogP contribution in [0.5, 0.6) is 0 Å². The molecule has 1 aliphatic rings. The summed E-state index contributed by atoms with van der Waals surface area (Å²) in [4.78, 5) is 4.34. The second-order valence-electron chi connectivity index (χ2n) is 4.11. The van der Waals surface area contributed by atoms with Gasteiger partial charge in [-0.05, 0) is 38.8 Å². The van der Waals surface area contributed by atoms with Crippen molar-refractivity contribution in [1.29, 1.82) is 0 Å². The molecule has 14 heavy (non-hydrogen) atoms. The van der Waals surface area contributed by atoms with Crippen molar-refractivity contribution in [2.75, 3.05) is 13.1 Å². The Bertz CT molecular complexity index is 273. The third-order valence-corrected chi connectivity index (χ3v) is 2.76. The first-order valence-corrected chi connectivity index (χ1v) is 5.43. The van der Waals surface area contributed by atoms with Crippen molar-refractivity contribution >= 4 is 0 Å². The zero-order valence-corrected chi connectivity index (χ0v) is 8.71. The van der Waals surface area contributed by atoms with E-state index in [1.807, 2.05) is 6.92 Å². The summed E-state index contributed by atoms with van der Waals surface area (Å²) in [6, 6.07) is 0. The topological polar surface area (TPSA) is 53.6 Å². The summed E-state index contributed by atoms with van der Waals surface area (Å²) in [5.41, 5.74) is 0. The zero-order chi connectivity index (χ0) is 9.80. The van der Waals surface area contributed by atoms with Crippen molar-refractivity contribution < 1.29 is 0 Å². The molecule has 2 rings (SSSR count). The van der Waals surface area contributed by atoms with E-state index in [0.29, 0.717) is 5.92 Å². The van der Waals surface area contributed by atoms with Crippen molar-refractivity contribution in [3.05, 3.63) is 11.6 Å². The summed E-state index contributed by atoms with van der Waals surface area (Å²) in [5, 5.41) is 10.5. The number of aromatic nitrogens is 3. The molecule has 0 aliphatic carbocycles. The van der Waals surface area contributed by atoms with E-state index in [-0.39, 0.29) is 0 Å². The maximum atomic E-state index is 4.34. The van der Waals surface area contributed by atoms with Crippen LogP contribution in [0.2, 0.25) is 0 Å². The largest absolute Gasteiger partial charge is 0.316 e. The lowest BCUT2D eigenvalue weighted by Gasteiger charge is -2.10. The average Bonchev–Trinajstić information content (AvgIpc) is 2.43. The first kappa shape index (κ1) is 9.65. The molecule has 1 aromatic rings. The Balaban J connectivity index is 1.89. The van der Waals surface area contributed by atoms with E-state index in [0.717, 1.165) is 24.6 Å². The van der Waals surface area contributed by atoms with Crippen LogP contribution in [0.3, 0.4) is 0 Å². The first-order chi connectivity index (χ1) is 6.84. The fourth-order valence-corrected chi connectivity index (χ4v) is 2.00. The molecule has 2 N–H and O–H groups in total. The highest BCUT2D eigenvalue weighted by Crippen LogP contribution is 2.14. The molecule has 0 aromatic carbocycles. The lowest BCUT2D eigenvalue weighted by atomic mass is 9.99. The Morgan fingerprint density at radius 3 is 3.14 bits per heavy atom. The maximum absolute atomic E-state index is 4.34. The fraction of sp³-hybridized carbons (Fsp3) is 0.800. The van der Waals surface area contributed by atoms with Crippen molar-refractivity contribution in [3.63, 3.8) is 0 Å². The SMILES string of the molecule is Cc1nc(CC2CCCCNC2)n[nH]1. The van der Waals surface area contributed by atoms with E-state index in [1.165, 1.54) is 25.8 Å². The first-order valence-electron chi connectivity index (χ1n) is 5.43. The molecule has 0 saturated carbocycles. The van der Waals surface area contributed by atoms with Crippen molar-refractivity contribution in [1.82, 2.24) is 20.5 Å². The van der Waals surface area contributed by atoms with Gasteiger partial charge < -0.3 is 5.32 Å². The van der Waals surface area contributed by atoms with Crippen LogP contribution in [0.25, 0.3) is 0 Å². The third-order valence-electron chi connectivity index (χ3n) is 2.76. The average molecular weight is 194 g/mol. The lowest BCUT2D eigenvalue weighted by molar-refractivity contribution is 0.467. The molecule has 1 aromatic heterocycles. The summed E-state index contributed by atoms with van der Waals surface area (Å²) < 4.78 is 0. The summed E-state index contributed by atoms with van der Waals surface area (Å²) >= 11 is 0. The van der Waals surface area contributed by atoms with Gasteiger partial charge in [0.15, 0.2) is 5.82 Å². The molecule has 2 heterocycles. The Labute approximate surface area is 84.5 Å². The Morgan fingerprint density at radius 1 is 1.43 bits per heavy atom. The summed E-state index contributed by atoms with van der Waals surface area (Å²) in [6.07, 6.45) is 4.96. The minimum Gasteiger partial charge on any atom is -0.316 e. The molecule has 78 valence electrons. The Hall–Kier alpha value is -0.900. The van der Waals surface area contributed by atoms with E-state index < -0.39 is 0 Å². The van der Waals surface area contributed by atoms with Gasteiger partial charge >= 0.3 is 0 Å². The van der Waals surface area contributed by atoms with Crippen LogP contribution in [0.1, 0.15) is 30.9 Å². The van der Waals surface area contributed by atoms with E-state index in [1.54, 1.807) is 0 Å². The highest BCUT2D eigenvalue weighted by atomic mass is 15.2. The molecule has 0 radical (unpaired) electrons. The predicted octanol–water partition coefficient (Wildman–Crippen LogP) is 1.05. The monoisotopic (exact) mass is 194 g/mol. The number of H-pyrrole nitrogens is 1. The van der Waals surface area contributed by atoms with Gasteiger partial charge in [-0.1, -0.05) is 6.42 Å². The van der Waals surface area contributed by atoms with Crippen LogP contribution < -0.4 is 5.32 Å². The number of nitrogens with one attached hydrogen (secondary N) is 2. The van der Waals surface area contributed by atoms with Crippen LogP contribution in [0.4, 0.5) is 0 Å². The second-order valence-corrected chi connectivity index (χ2v) is 4.11. The standard InChI is InChI=1S/C10H18N4/c1-8-12-10(14-13-8)6-9-4-2-3-5-11-7-9/h9,11H,2-7H2,1H3,(H,12,13,14). The van der Waals surface area contributed by atoms with Crippen LogP contribution in [-0.4, -0.2) is 28.3 Å². The Morgan fingerprint density at radius 2 is 2.36 bits per heavy atom. The van der Waals surface area contributed by atoms with Gasteiger partial charge in [-0.2, -0.15) is 5.10 Å². The molecule has 0 spiro atoms. The summed E-state index contributed by atoms with van der Waals surface area (Å²) in [5.74, 6) is 2.60. The van der Waals surface area contributed by atoms with Crippen LogP contribution in [-0.2, 0) is 6.42 Å². The van der Waals surface area contributed by atoms with E-state index in [9.17, 15) is 0 Å². The summed E-state index contributed by atoms with van der Waals surface area (Å²) in [6.45, 7) is 4.24. The quantitative estimate of drug-likeness (QED) is 0.739. The molecule has 4 nitrogen and oxygen atoms in total. The predicted molar refractivity (Wildman–Crippen MR) is 55.0 cm³/mol. The van der Waals surface area contributed by atoms with Gasteiger partial charge in [0.1, 0.15) is 5.82 Å². The van der Waals surface area contributed by atoms with Crippen LogP contribution >= 0.6 is 0 Å². The van der Waals surface area contributed by atoms with Crippen molar-refractivity contribution in [3.8, 4) is 0 Å². The molecule has 1 aliphatic heterocycles. The van der Waals surface area contributed by atoms with Gasteiger partial charge in [0.05, 0.1) is 0 Å². The Kier molecular flexibility index (Phi) is 3.14. The second kappa shape index (κ2) is 4.55. The normalized spacial score (nSPS) is 23.4. The van der Waals surface area contributed by atoms with E-state index >= 15 is 0 Å². The van der Waals surface area contributed by atoms with Gasteiger partial charge in [0, 0.05) is 6.42 Å². The zero-order valence-electron chi connectivity index (χ0n) is 8.71. The molecule has 1 atom stereocenters. The highest BCUT2D eigenvalue weighted by Gasteiger charge is 2.14. The number of hydrogen-bond acceptors (Lipinski definition) is 3. The molecular formula is C10H18N4. The maximum Gasteiger partial charge on any atom is 0.151 e. The third kappa shape index (κ3) is 2.54. The smallest absolute Gasteiger partial charge is 0.151 e. The molecule has 4 heteroatoms. The van der Waals surface area contributed by atoms with E-state index in [4.69, 9.17) is 0 Å². The van der Waals surface area contributed by atoms with Gasteiger partial charge in [-0.15, -0.1) is 0 Å². The van der Waals surface area contributed by atoms with Gasteiger partial charge in [0.25, 0.3) is 0 Å². The molecule has 1 fully saturated rings. The highest BCUT2D eigenvalue weighted by molar-refractivity contribution is 4.90. The molecule has 0 amide bonds. The van der Waals surface area contributed by atoms with Gasteiger partial charge in [-0.3, -0.25) is 5.10 Å². The summed E-state index contributed by atoms with van der Waals surface area (Å²) in [7, 11) is 0. The molecule has 0 bridgehead atoms. The van der Waals surface area contributed by atoms with Gasteiger partial charge in [0.2, 0.25) is 0 Å².